The summed E-state index contributed by atoms with van der Waals surface area (Å²) in [6.45, 7) is 0.732. The smallest absolute Gasteiger partial charge is 0.338 e. The average molecular weight is 498 g/mol. The van der Waals surface area contributed by atoms with Crippen molar-refractivity contribution in [1.82, 2.24) is 4.90 Å². The van der Waals surface area contributed by atoms with Gasteiger partial charge in [-0.2, -0.15) is 0 Å². The molecule has 1 fully saturated rings. The lowest BCUT2D eigenvalue weighted by atomic mass is 10.2. The molecular formula is C19H19N3O7S3. The van der Waals surface area contributed by atoms with E-state index in [1.54, 1.807) is 18.2 Å². The highest BCUT2D eigenvalue weighted by Gasteiger charge is 2.33. The molecule has 32 heavy (non-hydrogen) atoms. The minimum Gasteiger partial charge on any atom is -0.466 e. The van der Waals surface area contributed by atoms with Gasteiger partial charge in [-0.05, 0) is 36.4 Å². The molecule has 10 nitrogen and oxygen atoms in total. The summed E-state index contributed by atoms with van der Waals surface area (Å²) in [4.78, 5) is 39.9. The van der Waals surface area contributed by atoms with Crippen molar-refractivity contribution in [3.8, 4) is 0 Å². The van der Waals surface area contributed by atoms with Crippen molar-refractivity contribution >= 4 is 62.2 Å². The van der Waals surface area contributed by atoms with E-state index in [1.807, 2.05) is 4.90 Å². The molecule has 0 N–H and O–H groups in total. The molecular weight excluding hydrogens is 478 g/mol. The first kappa shape index (κ1) is 22.7. The topological polar surface area (TPSA) is 123 Å². The summed E-state index contributed by atoms with van der Waals surface area (Å²) in [5.41, 5.74) is 1.16. The number of sulfonamides is 1. The molecule has 3 heterocycles. The van der Waals surface area contributed by atoms with Gasteiger partial charge in [0, 0.05) is 18.0 Å². The second-order valence-corrected chi connectivity index (χ2v) is 10.7. The number of hydrogen-bond donors (Lipinski definition) is 0. The van der Waals surface area contributed by atoms with Gasteiger partial charge < -0.3 is 19.3 Å². The van der Waals surface area contributed by atoms with E-state index in [0.29, 0.717) is 35.3 Å². The Hall–Kier alpha value is -2.51. The van der Waals surface area contributed by atoms with Crippen LogP contribution in [-0.2, 0) is 29.1 Å². The molecule has 0 aliphatic carbocycles. The first-order valence-corrected chi connectivity index (χ1v) is 13.0. The van der Waals surface area contributed by atoms with E-state index in [9.17, 15) is 22.8 Å². The zero-order valence-electron chi connectivity index (χ0n) is 17.0. The summed E-state index contributed by atoms with van der Waals surface area (Å²) in [5, 5.41) is 0.908. The van der Waals surface area contributed by atoms with Gasteiger partial charge in [0.15, 0.2) is 5.17 Å². The number of carbonyl (C=O) groups excluding carboxylic acids is 3. The molecule has 170 valence electrons. The van der Waals surface area contributed by atoms with Crippen LogP contribution in [0.2, 0.25) is 0 Å². The van der Waals surface area contributed by atoms with Crippen LogP contribution in [0.15, 0.2) is 38.6 Å². The number of anilines is 1. The highest BCUT2D eigenvalue weighted by atomic mass is 32.2. The molecule has 1 aromatic rings. The molecule has 1 aromatic carbocycles. The second-order valence-electron chi connectivity index (χ2n) is 6.93. The highest BCUT2D eigenvalue weighted by molar-refractivity contribution is 8.15. The Morgan fingerprint density at radius 1 is 1.31 bits per heavy atom. The Kier molecular flexibility index (Phi) is 6.49. The van der Waals surface area contributed by atoms with Crippen LogP contribution in [0.3, 0.4) is 0 Å². The van der Waals surface area contributed by atoms with Gasteiger partial charge in [-0.15, -0.1) is 4.40 Å². The SMILES string of the molecule is COC(=O)/C=C1/SCC(=O)N1CCCOC(=O)c1ccc2c(c1)SC1=NS(=O)(=O)CCN12. The van der Waals surface area contributed by atoms with Crippen LogP contribution in [0.4, 0.5) is 5.69 Å². The normalized spacial score (nSPS) is 20.1. The highest BCUT2D eigenvalue weighted by Crippen LogP contribution is 2.42. The molecule has 0 aromatic heterocycles. The number of esters is 2. The quantitative estimate of drug-likeness (QED) is 0.324. The Labute approximate surface area is 193 Å². The lowest BCUT2D eigenvalue weighted by molar-refractivity contribution is -0.134. The molecule has 0 unspecified atom stereocenters. The van der Waals surface area contributed by atoms with Gasteiger partial charge >= 0.3 is 11.9 Å². The van der Waals surface area contributed by atoms with Crippen LogP contribution in [0.5, 0.6) is 0 Å². The summed E-state index contributed by atoms with van der Waals surface area (Å²) in [7, 11) is -2.18. The van der Waals surface area contributed by atoms with Crippen molar-refractivity contribution in [3.63, 3.8) is 0 Å². The summed E-state index contributed by atoms with van der Waals surface area (Å²) in [6, 6.07) is 5.04. The minimum absolute atomic E-state index is 0.0468. The molecule has 1 saturated heterocycles. The van der Waals surface area contributed by atoms with Crippen LogP contribution < -0.4 is 4.90 Å². The molecule has 0 bridgehead atoms. The molecule has 4 rings (SSSR count). The fraction of sp³-hybridized carbons (Fsp3) is 0.368. The number of amides is 1. The fourth-order valence-electron chi connectivity index (χ4n) is 3.26. The van der Waals surface area contributed by atoms with Crippen molar-refractivity contribution in [2.24, 2.45) is 4.40 Å². The second kappa shape index (κ2) is 9.16. The predicted octanol–water partition coefficient (Wildman–Crippen LogP) is 1.43. The van der Waals surface area contributed by atoms with Gasteiger partial charge in [-0.3, -0.25) is 4.79 Å². The van der Waals surface area contributed by atoms with Gasteiger partial charge in [0.05, 0.1) is 47.6 Å². The molecule has 3 aliphatic heterocycles. The van der Waals surface area contributed by atoms with E-state index < -0.39 is 22.0 Å². The summed E-state index contributed by atoms with van der Waals surface area (Å²) in [6.07, 6.45) is 1.67. The molecule has 3 aliphatic rings. The number of fused-ring (bicyclic) bond motifs is 3. The number of methoxy groups -OCH3 is 1. The third kappa shape index (κ3) is 4.79. The van der Waals surface area contributed by atoms with Gasteiger partial charge in [0.1, 0.15) is 0 Å². The molecule has 0 atom stereocenters. The molecule has 13 heteroatoms. The lowest BCUT2D eigenvalue weighted by Gasteiger charge is -2.22. The van der Waals surface area contributed by atoms with E-state index in [0.717, 1.165) is 10.6 Å². The monoisotopic (exact) mass is 497 g/mol. The number of benzene rings is 1. The van der Waals surface area contributed by atoms with E-state index in [-0.39, 0.29) is 24.0 Å². The fourth-order valence-corrected chi connectivity index (χ4v) is 6.51. The largest absolute Gasteiger partial charge is 0.466 e. The first-order chi connectivity index (χ1) is 15.3. The minimum atomic E-state index is -3.44. The maximum atomic E-state index is 12.4. The number of carbonyl (C=O) groups is 3. The Morgan fingerprint density at radius 3 is 2.91 bits per heavy atom. The van der Waals surface area contributed by atoms with E-state index in [1.165, 1.54) is 41.6 Å². The van der Waals surface area contributed by atoms with Crippen LogP contribution in [0.25, 0.3) is 0 Å². The van der Waals surface area contributed by atoms with Crippen molar-refractivity contribution in [1.29, 1.82) is 0 Å². The molecule has 0 spiro atoms. The summed E-state index contributed by atoms with van der Waals surface area (Å²) >= 11 is 2.46. The van der Waals surface area contributed by atoms with Gasteiger partial charge in [0.25, 0.3) is 10.0 Å². The first-order valence-electron chi connectivity index (χ1n) is 9.59. The third-order valence-electron chi connectivity index (χ3n) is 4.82. The third-order valence-corrected chi connectivity index (χ3v) is 8.15. The Bertz CT molecular complexity index is 1150. The zero-order chi connectivity index (χ0) is 22.9. The van der Waals surface area contributed by atoms with Gasteiger partial charge in [-0.1, -0.05) is 11.8 Å². The number of nitrogens with zero attached hydrogens (tertiary/aromatic N) is 3. The predicted molar refractivity (Wildman–Crippen MR) is 120 cm³/mol. The van der Waals surface area contributed by atoms with Gasteiger partial charge in [0.2, 0.25) is 5.91 Å². The zero-order valence-corrected chi connectivity index (χ0v) is 19.4. The molecule has 0 saturated carbocycles. The van der Waals surface area contributed by atoms with E-state index >= 15 is 0 Å². The number of rotatable bonds is 6. The summed E-state index contributed by atoms with van der Waals surface area (Å²) in [5.74, 6) is -0.963. The van der Waals surface area contributed by atoms with Crippen LogP contribution in [-0.4, -0.2) is 74.6 Å². The van der Waals surface area contributed by atoms with Crippen molar-refractivity contribution < 1.29 is 32.3 Å². The standard InChI is InChI=1S/C19H19N3O7S3/c1-28-17(24)10-16-22(15(23)11-30-16)5-2-7-29-18(25)12-3-4-13-14(9-12)31-19-20-32(26,27)8-6-21(13)19/h3-4,9-10H,2,5-8,11H2,1H3/b16-10+. The number of thioether (sulfide) groups is 2. The Morgan fingerprint density at radius 2 is 2.12 bits per heavy atom. The van der Waals surface area contributed by atoms with Crippen LogP contribution >= 0.6 is 23.5 Å². The Balaban J connectivity index is 1.33. The maximum absolute atomic E-state index is 12.4. The molecule has 1 amide bonds. The van der Waals surface area contributed by atoms with Crippen LogP contribution in [0.1, 0.15) is 16.8 Å². The average Bonchev–Trinajstić information content (AvgIpc) is 3.28. The lowest BCUT2D eigenvalue weighted by Crippen LogP contribution is -2.35. The van der Waals surface area contributed by atoms with Crippen molar-refractivity contribution in [2.75, 3.05) is 43.2 Å². The maximum Gasteiger partial charge on any atom is 0.338 e. The van der Waals surface area contributed by atoms with Crippen molar-refractivity contribution in [2.45, 2.75) is 11.3 Å². The number of amidine groups is 1. The van der Waals surface area contributed by atoms with E-state index in [4.69, 9.17) is 4.74 Å². The van der Waals surface area contributed by atoms with E-state index in [2.05, 4.69) is 9.13 Å². The van der Waals surface area contributed by atoms with Gasteiger partial charge in [-0.25, -0.2) is 18.0 Å². The molecule has 0 radical (unpaired) electrons. The van der Waals surface area contributed by atoms with Crippen LogP contribution in [0, 0.1) is 0 Å². The number of hydrogen-bond acceptors (Lipinski definition) is 10. The summed E-state index contributed by atoms with van der Waals surface area (Å²) < 4.78 is 37.2. The van der Waals surface area contributed by atoms with Crippen molar-refractivity contribution in [3.05, 3.63) is 34.9 Å². The number of ether oxygens (including phenoxy) is 2.